The van der Waals surface area contributed by atoms with Crippen molar-refractivity contribution in [2.24, 2.45) is 14.1 Å². The van der Waals surface area contributed by atoms with Crippen LogP contribution in [0.4, 0.5) is 0 Å². The van der Waals surface area contributed by atoms with Gasteiger partial charge in [-0.3, -0.25) is 19.3 Å². The molecule has 0 aliphatic rings. The molecule has 6 aromatic heterocycles. The largest absolute Gasteiger partial charge is 0.275 e. The molecular formula is C46H37BrN8. The molecule has 0 N–H and O–H groups in total. The number of nitrogens with zero attached hydrogens (tertiary/aromatic N) is 8. The van der Waals surface area contributed by atoms with E-state index in [9.17, 15) is 0 Å². The fraction of sp³-hybridized carbons (Fsp3) is 0.0870. The molecular weight excluding hydrogens is 744 g/mol. The highest BCUT2D eigenvalue weighted by molar-refractivity contribution is 9.10. The van der Waals surface area contributed by atoms with Crippen molar-refractivity contribution in [3.63, 3.8) is 0 Å². The maximum atomic E-state index is 5.39. The van der Waals surface area contributed by atoms with Gasteiger partial charge in [-0.15, -0.1) is 6.42 Å². The maximum Gasteiger partial charge on any atom is 0.113 e. The van der Waals surface area contributed by atoms with E-state index in [0.29, 0.717) is 0 Å². The number of pyridine rings is 4. The number of aromatic nitrogens is 8. The molecule has 0 amide bonds. The van der Waals surface area contributed by atoms with Crippen molar-refractivity contribution in [3.8, 4) is 69.0 Å². The van der Waals surface area contributed by atoms with Gasteiger partial charge in [0.15, 0.2) is 0 Å². The van der Waals surface area contributed by atoms with Crippen molar-refractivity contribution < 1.29 is 0 Å². The molecule has 268 valence electrons. The average Bonchev–Trinajstić information content (AvgIpc) is 3.81. The summed E-state index contributed by atoms with van der Waals surface area (Å²) in [5, 5.41) is 9.20. The van der Waals surface area contributed by atoms with Crippen LogP contribution in [0.2, 0.25) is 0 Å². The fourth-order valence-electron chi connectivity index (χ4n) is 5.58. The standard InChI is InChI=1S/C23H18N4.C17H13N3.C6H6BrN/c1-17-4-3-5-21(25-17)11-8-18-6-9-20(10-7-18)23-22(16-27(2)26-23)19-12-14-24-15-13-19;1-3-13-4-6-15(7-5-13)17-16(12-20(2)19-17)14-8-10-18-11-9-14;1-5-3-2-4-6(7)8-5/h3-7,9-10,12-16H,1-2H3;1,4-12H,2H3;2-4H,1H3. The van der Waals surface area contributed by atoms with Crippen LogP contribution < -0.4 is 0 Å². The summed E-state index contributed by atoms with van der Waals surface area (Å²) in [4.78, 5) is 16.6. The molecule has 0 saturated heterocycles. The van der Waals surface area contributed by atoms with Gasteiger partial charge in [0.05, 0.1) is 0 Å². The summed E-state index contributed by atoms with van der Waals surface area (Å²) in [6.07, 6.45) is 16.6. The van der Waals surface area contributed by atoms with E-state index >= 15 is 0 Å². The lowest BCUT2D eigenvalue weighted by atomic mass is 10.0. The Hall–Kier alpha value is -6.94. The van der Waals surface area contributed by atoms with Crippen LogP contribution in [-0.4, -0.2) is 39.5 Å². The molecule has 0 fully saturated rings. The Balaban J connectivity index is 0.000000160. The van der Waals surface area contributed by atoms with Crippen LogP contribution in [0, 0.1) is 38.0 Å². The van der Waals surface area contributed by atoms with Gasteiger partial charge in [-0.25, -0.2) is 9.97 Å². The molecule has 8 aromatic rings. The minimum atomic E-state index is 0.781. The molecule has 0 unspecified atom stereocenters. The summed E-state index contributed by atoms with van der Waals surface area (Å²) >= 11 is 3.25. The van der Waals surface area contributed by atoms with E-state index in [4.69, 9.17) is 6.42 Å². The van der Waals surface area contributed by atoms with Crippen LogP contribution in [0.15, 0.2) is 151 Å². The molecule has 0 aliphatic carbocycles. The third kappa shape index (κ3) is 10.4. The molecule has 8 nitrogen and oxygen atoms in total. The van der Waals surface area contributed by atoms with Crippen molar-refractivity contribution in [2.45, 2.75) is 13.8 Å². The first-order valence-corrected chi connectivity index (χ1v) is 18.2. The molecule has 6 heterocycles. The Morgan fingerprint density at radius 3 is 1.44 bits per heavy atom. The second-order valence-electron chi connectivity index (χ2n) is 12.4. The highest BCUT2D eigenvalue weighted by Crippen LogP contribution is 2.31. The van der Waals surface area contributed by atoms with E-state index < -0.39 is 0 Å². The predicted molar refractivity (Wildman–Crippen MR) is 223 cm³/mol. The highest BCUT2D eigenvalue weighted by Gasteiger charge is 2.13. The molecule has 0 atom stereocenters. The number of hydrogen-bond acceptors (Lipinski definition) is 6. The van der Waals surface area contributed by atoms with Crippen LogP contribution in [0.1, 0.15) is 28.2 Å². The van der Waals surface area contributed by atoms with Crippen LogP contribution in [0.25, 0.3) is 44.8 Å². The van der Waals surface area contributed by atoms with Gasteiger partial charge in [0.25, 0.3) is 0 Å². The number of terminal acetylenes is 1. The predicted octanol–water partition coefficient (Wildman–Crippen LogP) is 9.54. The van der Waals surface area contributed by atoms with E-state index in [0.717, 1.165) is 77.6 Å². The van der Waals surface area contributed by atoms with Crippen LogP contribution in [0.3, 0.4) is 0 Å². The molecule has 0 radical (unpaired) electrons. The minimum absolute atomic E-state index is 0.781. The van der Waals surface area contributed by atoms with Gasteiger partial charge in [-0.1, -0.05) is 48.2 Å². The molecule has 9 heteroatoms. The minimum Gasteiger partial charge on any atom is -0.275 e. The normalized spacial score (nSPS) is 10.1. The lowest BCUT2D eigenvalue weighted by Gasteiger charge is -2.03. The molecule has 8 rings (SSSR count). The van der Waals surface area contributed by atoms with E-state index in [1.54, 1.807) is 24.8 Å². The second kappa shape index (κ2) is 18.2. The monoisotopic (exact) mass is 780 g/mol. The van der Waals surface area contributed by atoms with Crippen molar-refractivity contribution in [3.05, 3.63) is 179 Å². The Kier molecular flexibility index (Phi) is 12.5. The Morgan fingerprint density at radius 2 is 1.00 bits per heavy atom. The van der Waals surface area contributed by atoms with Crippen molar-refractivity contribution in [1.29, 1.82) is 0 Å². The average molecular weight is 782 g/mol. The first-order valence-electron chi connectivity index (χ1n) is 17.4. The third-order valence-electron chi connectivity index (χ3n) is 8.20. The number of halogens is 1. The lowest BCUT2D eigenvalue weighted by Crippen LogP contribution is -1.88. The van der Waals surface area contributed by atoms with E-state index in [-0.39, 0.29) is 0 Å². The fourth-order valence-corrected chi connectivity index (χ4v) is 6.02. The molecule has 0 spiro atoms. The first-order chi connectivity index (χ1) is 26.7. The van der Waals surface area contributed by atoms with Gasteiger partial charge in [0.2, 0.25) is 0 Å². The molecule has 0 bridgehead atoms. The van der Waals surface area contributed by atoms with Gasteiger partial charge >= 0.3 is 0 Å². The van der Waals surface area contributed by atoms with Gasteiger partial charge < -0.3 is 0 Å². The zero-order chi connectivity index (χ0) is 38.6. The highest BCUT2D eigenvalue weighted by atomic mass is 79.9. The molecule has 0 aliphatic heterocycles. The van der Waals surface area contributed by atoms with E-state index in [1.807, 2.05) is 147 Å². The molecule has 55 heavy (non-hydrogen) atoms. The molecule has 0 saturated carbocycles. The smallest absolute Gasteiger partial charge is 0.113 e. The summed E-state index contributed by atoms with van der Waals surface area (Å²) in [5.74, 6) is 8.91. The van der Waals surface area contributed by atoms with Gasteiger partial charge in [-0.05, 0) is 120 Å². The zero-order valence-electron chi connectivity index (χ0n) is 30.9. The first kappa shape index (κ1) is 37.8. The van der Waals surface area contributed by atoms with Gasteiger partial charge in [0, 0.05) is 96.0 Å². The number of benzene rings is 2. The third-order valence-corrected chi connectivity index (χ3v) is 8.64. The van der Waals surface area contributed by atoms with Crippen molar-refractivity contribution in [2.75, 3.05) is 0 Å². The van der Waals surface area contributed by atoms with Crippen LogP contribution in [-0.2, 0) is 14.1 Å². The second-order valence-corrected chi connectivity index (χ2v) is 13.2. The van der Waals surface area contributed by atoms with Gasteiger partial charge in [-0.2, -0.15) is 10.2 Å². The summed E-state index contributed by atoms with van der Waals surface area (Å²) in [6, 6.07) is 35.7. The van der Waals surface area contributed by atoms with Gasteiger partial charge in [0.1, 0.15) is 21.7 Å². The Bertz CT molecular complexity index is 2580. The summed E-state index contributed by atoms with van der Waals surface area (Å²) < 4.78 is 4.56. The SMILES string of the molecule is C#Cc1ccc(-c2nn(C)cc2-c2ccncc2)cc1.Cc1cccc(Br)n1.Cc1cccc(C#Cc2ccc(-c3nn(C)cc3-c3ccncc3)cc2)n1. The Labute approximate surface area is 330 Å². The Morgan fingerprint density at radius 1 is 0.527 bits per heavy atom. The lowest BCUT2D eigenvalue weighted by molar-refractivity contribution is 0.771. The van der Waals surface area contributed by atoms with Crippen molar-refractivity contribution in [1.82, 2.24) is 39.5 Å². The van der Waals surface area contributed by atoms with E-state index in [2.05, 4.69) is 76.0 Å². The summed E-state index contributed by atoms with van der Waals surface area (Å²) in [5.41, 5.74) is 13.0. The topological polar surface area (TPSA) is 87.2 Å². The number of hydrogen-bond donors (Lipinski definition) is 0. The summed E-state index contributed by atoms with van der Waals surface area (Å²) in [7, 11) is 3.85. The van der Waals surface area contributed by atoms with Crippen LogP contribution in [0.5, 0.6) is 0 Å². The number of aryl methyl sites for hydroxylation is 4. The summed E-state index contributed by atoms with van der Waals surface area (Å²) in [6.45, 7) is 3.93. The van der Waals surface area contributed by atoms with Crippen molar-refractivity contribution >= 4 is 15.9 Å². The molecule has 2 aromatic carbocycles. The van der Waals surface area contributed by atoms with Crippen LogP contribution >= 0.6 is 15.9 Å². The maximum absolute atomic E-state index is 5.39. The van der Waals surface area contributed by atoms with E-state index in [1.165, 1.54) is 0 Å². The zero-order valence-corrected chi connectivity index (χ0v) is 32.5. The quantitative estimate of drug-likeness (QED) is 0.131. The number of rotatable bonds is 4.